The molecule has 1 N–H and O–H groups in total. The molecule has 2 saturated heterocycles. The van der Waals surface area contributed by atoms with Gasteiger partial charge in [-0.25, -0.2) is 4.98 Å². The molecule has 168 valence electrons. The smallest absolute Gasteiger partial charge is 0.420 e. The van der Waals surface area contributed by atoms with Crippen molar-refractivity contribution in [1.29, 1.82) is 0 Å². The van der Waals surface area contributed by atoms with E-state index in [1.165, 1.54) is 6.20 Å². The number of rotatable bonds is 5. The molecular weight excluding hydrogens is 411 g/mol. The number of hydrogen-bond donors (Lipinski definition) is 1. The van der Waals surface area contributed by atoms with Crippen LogP contribution in [-0.4, -0.2) is 55.0 Å². The lowest BCUT2D eigenvalue weighted by Gasteiger charge is -2.29. The van der Waals surface area contributed by atoms with E-state index in [0.29, 0.717) is 24.6 Å². The van der Waals surface area contributed by atoms with Crippen molar-refractivity contribution in [3.8, 4) is 0 Å². The monoisotopic (exact) mass is 437 g/mol. The lowest BCUT2D eigenvalue weighted by molar-refractivity contribution is -0.141. The van der Waals surface area contributed by atoms with Crippen LogP contribution in [0.15, 0.2) is 22.7 Å². The third-order valence-electron chi connectivity index (χ3n) is 5.68. The van der Waals surface area contributed by atoms with Crippen molar-refractivity contribution in [3.63, 3.8) is 0 Å². The number of aromatic nitrogens is 2. The molecule has 0 spiro atoms. The molecule has 0 aromatic carbocycles. The molecule has 0 bridgehead atoms. The minimum absolute atomic E-state index is 0.130. The number of hydrogen-bond acceptors (Lipinski definition) is 7. The van der Waals surface area contributed by atoms with E-state index in [4.69, 9.17) is 4.42 Å². The minimum Gasteiger partial charge on any atom is -0.420 e. The summed E-state index contributed by atoms with van der Waals surface area (Å²) in [6.07, 6.45) is -1.61. The number of halogens is 3. The highest BCUT2D eigenvalue weighted by molar-refractivity contribution is 5.96. The first-order valence-corrected chi connectivity index (χ1v) is 10.6. The van der Waals surface area contributed by atoms with Crippen LogP contribution < -0.4 is 15.1 Å². The molecular formula is C21H26F3N5O2. The van der Waals surface area contributed by atoms with Gasteiger partial charge in [-0.1, -0.05) is 13.0 Å². The second-order valence-electron chi connectivity index (χ2n) is 8.23. The van der Waals surface area contributed by atoms with Gasteiger partial charge in [0.2, 0.25) is 11.5 Å². The summed E-state index contributed by atoms with van der Waals surface area (Å²) in [5.74, 6) is -0.371. The Hall–Kier alpha value is -2.62. The molecule has 7 nitrogen and oxygen atoms in total. The SMILES string of the molecule is CC1CCCN(c2nc(C(F)(F)F)c(C(=O)Cc3ccc(N4CCNCC4)nc3)o2)C1. The molecule has 0 aliphatic carbocycles. The average Bonchev–Trinajstić information content (AvgIpc) is 3.21. The maximum Gasteiger partial charge on any atom is 0.437 e. The Bertz CT molecular complexity index is 907. The van der Waals surface area contributed by atoms with Crippen LogP contribution >= 0.6 is 0 Å². The summed E-state index contributed by atoms with van der Waals surface area (Å²) < 4.78 is 46.0. The van der Waals surface area contributed by atoms with Crippen molar-refractivity contribution < 1.29 is 22.4 Å². The Kier molecular flexibility index (Phi) is 6.17. The van der Waals surface area contributed by atoms with Gasteiger partial charge in [-0.2, -0.15) is 18.2 Å². The van der Waals surface area contributed by atoms with Crippen molar-refractivity contribution in [2.45, 2.75) is 32.4 Å². The number of alkyl halides is 3. The van der Waals surface area contributed by atoms with Gasteiger partial charge in [0, 0.05) is 51.9 Å². The molecule has 4 rings (SSSR count). The second-order valence-corrected chi connectivity index (χ2v) is 8.23. The van der Waals surface area contributed by atoms with Crippen molar-refractivity contribution in [1.82, 2.24) is 15.3 Å². The van der Waals surface area contributed by atoms with E-state index in [2.05, 4.69) is 20.2 Å². The van der Waals surface area contributed by atoms with Gasteiger partial charge in [0.25, 0.3) is 6.01 Å². The van der Waals surface area contributed by atoms with Crippen LogP contribution in [0.1, 0.15) is 41.6 Å². The number of oxazole rings is 1. The van der Waals surface area contributed by atoms with Gasteiger partial charge >= 0.3 is 6.18 Å². The van der Waals surface area contributed by atoms with E-state index in [1.54, 1.807) is 17.0 Å². The quantitative estimate of drug-likeness (QED) is 0.721. The van der Waals surface area contributed by atoms with E-state index in [1.807, 2.05) is 6.92 Å². The van der Waals surface area contributed by atoms with E-state index in [0.717, 1.165) is 44.8 Å². The van der Waals surface area contributed by atoms with Gasteiger partial charge in [0.1, 0.15) is 5.82 Å². The van der Waals surface area contributed by atoms with Crippen LogP contribution in [0, 0.1) is 5.92 Å². The standard InChI is InChI=1S/C21H26F3N5O2/c1-14-3-2-8-29(13-14)20-27-19(21(22,23)24)18(31-20)16(30)11-15-4-5-17(26-12-15)28-9-6-25-7-10-28/h4-5,12,14,25H,2-3,6-11,13H2,1H3. The predicted molar refractivity (Wildman–Crippen MR) is 109 cm³/mol. The number of piperazine rings is 1. The van der Waals surface area contributed by atoms with E-state index < -0.39 is 23.4 Å². The van der Waals surface area contributed by atoms with Gasteiger partial charge in [0.15, 0.2) is 5.69 Å². The van der Waals surface area contributed by atoms with Crippen LogP contribution in [0.3, 0.4) is 0 Å². The Balaban J connectivity index is 1.51. The zero-order chi connectivity index (χ0) is 22.0. The fourth-order valence-electron chi connectivity index (χ4n) is 4.06. The summed E-state index contributed by atoms with van der Waals surface area (Å²) in [6.45, 7) is 6.54. The third kappa shape index (κ3) is 5.00. The number of Topliss-reactive ketones (excluding diaryl/α,β-unsaturated/α-hetero) is 1. The first-order valence-electron chi connectivity index (χ1n) is 10.6. The van der Waals surface area contributed by atoms with E-state index in [-0.39, 0.29) is 12.4 Å². The zero-order valence-electron chi connectivity index (χ0n) is 17.4. The van der Waals surface area contributed by atoms with Gasteiger partial charge < -0.3 is 19.5 Å². The normalized spacial score (nSPS) is 20.2. The first-order chi connectivity index (χ1) is 14.8. The van der Waals surface area contributed by atoms with Crippen LogP contribution in [0.2, 0.25) is 0 Å². The highest BCUT2D eigenvalue weighted by Gasteiger charge is 2.42. The molecule has 0 saturated carbocycles. The molecule has 2 aromatic heterocycles. The highest BCUT2D eigenvalue weighted by Crippen LogP contribution is 2.35. The number of nitrogens with one attached hydrogen (secondary N) is 1. The van der Waals surface area contributed by atoms with Crippen molar-refractivity contribution >= 4 is 17.6 Å². The van der Waals surface area contributed by atoms with E-state index >= 15 is 0 Å². The fraction of sp³-hybridized carbons (Fsp3) is 0.571. The maximum absolute atomic E-state index is 13.5. The molecule has 0 amide bonds. The van der Waals surface area contributed by atoms with E-state index in [9.17, 15) is 18.0 Å². The lowest BCUT2D eigenvalue weighted by atomic mass is 10.0. The highest BCUT2D eigenvalue weighted by atomic mass is 19.4. The summed E-state index contributed by atoms with van der Waals surface area (Å²) in [5.41, 5.74) is -0.724. The van der Waals surface area contributed by atoms with Gasteiger partial charge in [-0.05, 0) is 30.4 Å². The topological polar surface area (TPSA) is 74.5 Å². The lowest BCUT2D eigenvalue weighted by Crippen LogP contribution is -2.43. The average molecular weight is 437 g/mol. The Morgan fingerprint density at radius 3 is 2.65 bits per heavy atom. The number of piperidine rings is 1. The van der Waals surface area contributed by atoms with Crippen molar-refractivity contribution in [3.05, 3.63) is 35.3 Å². The number of ketones is 1. The van der Waals surface area contributed by atoms with Crippen LogP contribution in [0.4, 0.5) is 25.0 Å². The number of carbonyl (C=O) groups excluding carboxylic acids is 1. The summed E-state index contributed by atoms with van der Waals surface area (Å²) >= 11 is 0. The molecule has 4 heterocycles. The zero-order valence-corrected chi connectivity index (χ0v) is 17.4. The molecule has 31 heavy (non-hydrogen) atoms. The molecule has 0 radical (unpaired) electrons. The van der Waals surface area contributed by atoms with Crippen LogP contribution in [0.5, 0.6) is 0 Å². The number of carbonyl (C=O) groups is 1. The van der Waals surface area contributed by atoms with Gasteiger partial charge in [-0.15, -0.1) is 0 Å². The Labute approximate surface area is 178 Å². The number of anilines is 2. The largest absolute Gasteiger partial charge is 0.437 e. The van der Waals surface area contributed by atoms with Crippen molar-refractivity contribution in [2.24, 2.45) is 5.92 Å². The molecule has 10 heteroatoms. The van der Waals surface area contributed by atoms with Crippen molar-refractivity contribution in [2.75, 3.05) is 49.1 Å². The molecule has 2 aromatic rings. The van der Waals surface area contributed by atoms with Gasteiger partial charge in [0.05, 0.1) is 0 Å². The summed E-state index contributed by atoms with van der Waals surface area (Å²) in [7, 11) is 0. The minimum atomic E-state index is -4.77. The maximum atomic E-state index is 13.5. The Morgan fingerprint density at radius 1 is 1.23 bits per heavy atom. The summed E-state index contributed by atoms with van der Waals surface area (Å²) in [5, 5.41) is 3.26. The Morgan fingerprint density at radius 2 is 2.00 bits per heavy atom. The molecule has 1 unspecified atom stereocenters. The second kappa shape index (κ2) is 8.86. The fourth-order valence-corrected chi connectivity index (χ4v) is 4.06. The molecule has 2 fully saturated rings. The molecule has 1 atom stereocenters. The van der Waals surface area contributed by atoms with Crippen LogP contribution in [0.25, 0.3) is 0 Å². The summed E-state index contributed by atoms with van der Waals surface area (Å²) in [6, 6.07) is 3.38. The molecule has 2 aliphatic rings. The summed E-state index contributed by atoms with van der Waals surface area (Å²) in [4.78, 5) is 24.6. The first kappa shape index (κ1) is 21.6. The van der Waals surface area contributed by atoms with Crippen LogP contribution in [-0.2, 0) is 12.6 Å². The molecule has 2 aliphatic heterocycles. The number of pyridine rings is 1. The predicted octanol–water partition coefficient (Wildman–Crippen LogP) is 3.16. The third-order valence-corrected chi connectivity index (χ3v) is 5.68. The van der Waals surface area contributed by atoms with Gasteiger partial charge in [-0.3, -0.25) is 4.79 Å². The number of nitrogens with zero attached hydrogens (tertiary/aromatic N) is 4.